The molecule has 1 saturated heterocycles. The lowest BCUT2D eigenvalue weighted by Gasteiger charge is -2.33. The predicted octanol–water partition coefficient (Wildman–Crippen LogP) is 0.956. The molecule has 1 aliphatic rings. The van der Waals surface area contributed by atoms with Gasteiger partial charge in [0.25, 0.3) is 0 Å². The van der Waals surface area contributed by atoms with Crippen molar-refractivity contribution >= 4 is 11.7 Å². The Balaban J connectivity index is 1.73. The molecule has 3 rings (SSSR count). The number of nitrogens with zero attached hydrogens (tertiary/aromatic N) is 6. The first kappa shape index (κ1) is 17.3. The molecule has 8 nitrogen and oxygen atoms in total. The lowest BCUT2D eigenvalue weighted by atomic mass is 10.2. The Labute approximate surface area is 147 Å². The summed E-state index contributed by atoms with van der Waals surface area (Å²) in [7, 11) is 3.84. The summed E-state index contributed by atoms with van der Waals surface area (Å²) in [6.45, 7) is 5.65. The van der Waals surface area contributed by atoms with E-state index >= 15 is 0 Å². The first-order chi connectivity index (χ1) is 12.0. The van der Waals surface area contributed by atoms with Crippen LogP contribution in [0.15, 0.2) is 18.5 Å². The van der Waals surface area contributed by atoms with Crippen LogP contribution in [0.3, 0.4) is 0 Å². The molecule has 0 radical (unpaired) electrons. The number of anilines is 1. The fourth-order valence-corrected chi connectivity index (χ4v) is 3.02. The topological polar surface area (TPSA) is 76.4 Å². The molecule has 134 valence electrons. The first-order valence-corrected chi connectivity index (χ1v) is 8.34. The molecule has 0 aromatic carbocycles. The average Bonchev–Trinajstić information content (AvgIpc) is 2.92. The number of carbonyl (C=O) groups excluding carboxylic acids is 1. The van der Waals surface area contributed by atoms with Crippen LogP contribution in [0.2, 0.25) is 0 Å². The average molecular weight is 344 g/mol. The van der Waals surface area contributed by atoms with Crippen molar-refractivity contribution in [3.8, 4) is 0 Å². The third-order valence-electron chi connectivity index (χ3n) is 4.24. The summed E-state index contributed by atoms with van der Waals surface area (Å²) < 4.78 is 7.61. The Bertz CT molecular complexity index is 757. The predicted molar refractivity (Wildman–Crippen MR) is 93.3 cm³/mol. The minimum atomic E-state index is -0.274. The summed E-state index contributed by atoms with van der Waals surface area (Å²) in [6, 6.07) is 1.97. The zero-order valence-corrected chi connectivity index (χ0v) is 15.1. The van der Waals surface area contributed by atoms with Gasteiger partial charge in [0.15, 0.2) is 5.82 Å². The molecule has 25 heavy (non-hydrogen) atoms. The Morgan fingerprint density at radius 1 is 1.32 bits per heavy atom. The SMILES string of the molecule is Cc1cc(C)n(CC(=O)N2CCO[C@H](c3nccnc3N(C)C)C2)n1. The molecule has 2 aromatic rings. The highest BCUT2D eigenvalue weighted by molar-refractivity contribution is 5.76. The molecule has 0 bridgehead atoms. The molecule has 0 spiro atoms. The number of morpholine rings is 1. The minimum Gasteiger partial charge on any atom is -0.368 e. The molecule has 1 atom stereocenters. The van der Waals surface area contributed by atoms with E-state index in [1.54, 1.807) is 17.1 Å². The molecule has 1 amide bonds. The van der Waals surface area contributed by atoms with E-state index in [1.807, 2.05) is 43.8 Å². The fourth-order valence-electron chi connectivity index (χ4n) is 3.02. The van der Waals surface area contributed by atoms with Crippen LogP contribution in [0.4, 0.5) is 5.82 Å². The summed E-state index contributed by atoms with van der Waals surface area (Å²) >= 11 is 0. The van der Waals surface area contributed by atoms with Gasteiger partial charge in [-0.25, -0.2) is 4.98 Å². The van der Waals surface area contributed by atoms with Gasteiger partial charge >= 0.3 is 0 Å². The van der Waals surface area contributed by atoms with Crippen molar-refractivity contribution in [2.24, 2.45) is 0 Å². The van der Waals surface area contributed by atoms with Crippen molar-refractivity contribution in [1.82, 2.24) is 24.6 Å². The number of aryl methyl sites for hydroxylation is 2. The maximum absolute atomic E-state index is 12.7. The van der Waals surface area contributed by atoms with Crippen LogP contribution < -0.4 is 4.90 Å². The molecule has 0 unspecified atom stereocenters. The van der Waals surface area contributed by atoms with E-state index in [0.29, 0.717) is 19.7 Å². The zero-order valence-electron chi connectivity index (χ0n) is 15.1. The van der Waals surface area contributed by atoms with Gasteiger partial charge in [-0.1, -0.05) is 0 Å². The summed E-state index contributed by atoms with van der Waals surface area (Å²) in [6.07, 6.45) is 3.04. The molecule has 0 aliphatic carbocycles. The van der Waals surface area contributed by atoms with Crippen molar-refractivity contribution in [3.63, 3.8) is 0 Å². The van der Waals surface area contributed by atoms with Crippen LogP contribution in [0.5, 0.6) is 0 Å². The van der Waals surface area contributed by atoms with Gasteiger partial charge < -0.3 is 14.5 Å². The fraction of sp³-hybridized carbons (Fsp3) is 0.529. The molecule has 3 heterocycles. The lowest BCUT2D eigenvalue weighted by Crippen LogP contribution is -2.44. The van der Waals surface area contributed by atoms with Crippen molar-refractivity contribution in [1.29, 1.82) is 0 Å². The highest BCUT2D eigenvalue weighted by Crippen LogP contribution is 2.26. The summed E-state index contributed by atoms with van der Waals surface area (Å²) in [5.74, 6) is 0.801. The molecule has 8 heteroatoms. The molecule has 1 fully saturated rings. The van der Waals surface area contributed by atoms with Crippen molar-refractivity contribution in [2.45, 2.75) is 26.5 Å². The Hall–Kier alpha value is -2.48. The lowest BCUT2D eigenvalue weighted by molar-refractivity contribution is -0.140. The van der Waals surface area contributed by atoms with Crippen LogP contribution in [0.1, 0.15) is 23.2 Å². The van der Waals surface area contributed by atoms with E-state index in [9.17, 15) is 4.79 Å². The summed E-state index contributed by atoms with van der Waals surface area (Å²) in [4.78, 5) is 25.2. The Morgan fingerprint density at radius 3 is 2.76 bits per heavy atom. The van der Waals surface area contributed by atoms with Crippen molar-refractivity contribution in [3.05, 3.63) is 35.5 Å². The number of aromatic nitrogens is 4. The van der Waals surface area contributed by atoms with Crippen LogP contribution in [-0.4, -0.2) is 64.3 Å². The summed E-state index contributed by atoms with van der Waals surface area (Å²) in [5, 5.41) is 4.37. The number of carbonyl (C=O) groups is 1. The smallest absolute Gasteiger partial charge is 0.244 e. The van der Waals surface area contributed by atoms with E-state index in [1.165, 1.54) is 0 Å². The Morgan fingerprint density at radius 2 is 2.08 bits per heavy atom. The standard InChI is InChI=1S/C17H24N6O2/c1-12-9-13(2)23(20-12)11-15(24)22-7-8-25-14(10-22)16-17(21(3)4)19-6-5-18-16/h5-6,9,14H,7-8,10-11H2,1-4H3/t14-/m0/s1. The molecule has 1 aliphatic heterocycles. The first-order valence-electron chi connectivity index (χ1n) is 8.34. The number of hydrogen-bond donors (Lipinski definition) is 0. The molecular weight excluding hydrogens is 320 g/mol. The molecule has 0 saturated carbocycles. The van der Waals surface area contributed by atoms with Crippen LogP contribution >= 0.6 is 0 Å². The molecular formula is C17H24N6O2. The van der Waals surface area contributed by atoms with Gasteiger partial charge in [0.1, 0.15) is 18.3 Å². The number of rotatable bonds is 4. The quantitative estimate of drug-likeness (QED) is 0.822. The maximum atomic E-state index is 12.7. The second-order valence-electron chi connectivity index (χ2n) is 6.44. The third kappa shape index (κ3) is 3.79. The second-order valence-corrected chi connectivity index (χ2v) is 6.44. The number of amides is 1. The van der Waals surface area contributed by atoms with Crippen LogP contribution in [0.25, 0.3) is 0 Å². The van der Waals surface area contributed by atoms with E-state index in [0.717, 1.165) is 22.9 Å². The van der Waals surface area contributed by atoms with Gasteiger partial charge in [-0.2, -0.15) is 5.10 Å². The summed E-state index contributed by atoms with van der Waals surface area (Å²) in [5.41, 5.74) is 2.66. The van der Waals surface area contributed by atoms with Crippen LogP contribution in [0, 0.1) is 13.8 Å². The Kier molecular flexibility index (Phi) is 4.98. The van der Waals surface area contributed by atoms with Crippen molar-refractivity contribution in [2.75, 3.05) is 38.7 Å². The zero-order chi connectivity index (χ0) is 18.0. The monoisotopic (exact) mass is 344 g/mol. The second kappa shape index (κ2) is 7.18. The maximum Gasteiger partial charge on any atom is 0.244 e. The van der Waals surface area contributed by atoms with Gasteiger partial charge in [-0.05, 0) is 19.9 Å². The minimum absolute atomic E-state index is 0.0368. The largest absolute Gasteiger partial charge is 0.368 e. The highest BCUT2D eigenvalue weighted by atomic mass is 16.5. The molecule has 2 aromatic heterocycles. The van der Waals surface area contributed by atoms with Crippen LogP contribution in [-0.2, 0) is 16.1 Å². The van der Waals surface area contributed by atoms with Crippen molar-refractivity contribution < 1.29 is 9.53 Å². The van der Waals surface area contributed by atoms with E-state index in [4.69, 9.17) is 4.74 Å². The van der Waals surface area contributed by atoms with Gasteiger partial charge in [0.2, 0.25) is 5.91 Å². The van der Waals surface area contributed by atoms with Gasteiger partial charge in [0, 0.05) is 38.7 Å². The number of hydrogen-bond acceptors (Lipinski definition) is 6. The molecule has 0 N–H and O–H groups in total. The van der Waals surface area contributed by atoms with Gasteiger partial charge in [-0.15, -0.1) is 0 Å². The third-order valence-corrected chi connectivity index (χ3v) is 4.24. The van der Waals surface area contributed by atoms with Gasteiger partial charge in [0.05, 0.1) is 18.8 Å². The van der Waals surface area contributed by atoms with E-state index in [2.05, 4.69) is 15.1 Å². The van der Waals surface area contributed by atoms with E-state index < -0.39 is 0 Å². The highest BCUT2D eigenvalue weighted by Gasteiger charge is 2.29. The normalized spacial score (nSPS) is 17.6. The van der Waals surface area contributed by atoms with E-state index in [-0.39, 0.29) is 18.6 Å². The number of ether oxygens (including phenoxy) is 1. The van der Waals surface area contributed by atoms with Gasteiger partial charge in [-0.3, -0.25) is 14.5 Å².